The first-order chi connectivity index (χ1) is 9.27. The van der Waals surface area contributed by atoms with E-state index in [2.05, 4.69) is 5.32 Å². The largest absolute Gasteiger partial charge is 0.494 e. The van der Waals surface area contributed by atoms with E-state index in [-0.39, 0.29) is 5.91 Å². The van der Waals surface area contributed by atoms with Crippen LogP contribution in [0.25, 0.3) is 0 Å². The highest BCUT2D eigenvalue weighted by Crippen LogP contribution is 2.24. The molecule has 1 fully saturated rings. The summed E-state index contributed by atoms with van der Waals surface area (Å²) in [6.07, 6.45) is 3.22. The third-order valence-corrected chi connectivity index (χ3v) is 3.27. The molecule has 1 saturated carbocycles. The summed E-state index contributed by atoms with van der Waals surface area (Å²) in [4.78, 5) is 13.6. The van der Waals surface area contributed by atoms with Crippen molar-refractivity contribution in [2.24, 2.45) is 0 Å². The van der Waals surface area contributed by atoms with Crippen molar-refractivity contribution in [3.8, 4) is 5.75 Å². The van der Waals surface area contributed by atoms with Crippen molar-refractivity contribution in [2.75, 3.05) is 26.7 Å². The van der Waals surface area contributed by atoms with Crippen molar-refractivity contribution in [2.45, 2.75) is 25.3 Å². The standard InChI is InChI=1S/C15H22N2O2/c1-17(13-8-9-13)15(18)12-16-10-5-11-19-14-6-3-2-4-7-14/h2-4,6-7,13,16H,5,8-12H2,1H3. The van der Waals surface area contributed by atoms with Gasteiger partial charge in [0.1, 0.15) is 5.75 Å². The number of likely N-dealkylation sites (N-methyl/N-ethyl adjacent to an activating group) is 1. The zero-order valence-corrected chi connectivity index (χ0v) is 11.5. The van der Waals surface area contributed by atoms with Crippen molar-refractivity contribution in [3.05, 3.63) is 30.3 Å². The smallest absolute Gasteiger partial charge is 0.236 e. The first-order valence-corrected chi connectivity index (χ1v) is 6.91. The Bertz CT molecular complexity index is 390. The van der Waals surface area contributed by atoms with Gasteiger partial charge < -0.3 is 15.0 Å². The number of nitrogens with one attached hydrogen (secondary N) is 1. The van der Waals surface area contributed by atoms with Crippen LogP contribution in [0.1, 0.15) is 19.3 Å². The average molecular weight is 262 g/mol. The Morgan fingerprint density at radius 3 is 2.79 bits per heavy atom. The molecule has 0 atom stereocenters. The molecular weight excluding hydrogens is 240 g/mol. The van der Waals surface area contributed by atoms with Crippen LogP contribution in [0.15, 0.2) is 30.3 Å². The summed E-state index contributed by atoms with van der Waals surface area (Å²) < 4.78 is 5.57. The second-order valence-corrected chi connectivity index (χ2v) is 4.93. The predicted molar refractivity (Wildman–Crippen MR) is 75.2 cm³/mol. The summed E-state index contributed by atoms with van der Waals surface area (Å²) in [5, 5.41) is 3.16. The normalized spacial score (nSPS) is 14.2. The van der Waals surface area contributed by atoms with Gasteiger partial charge >= 0.3 is 0 Å². The van der Waals surface area contributed by atoms with Crippen LogP contribution in [-0.4, -0.2) is 43.6 Å². The topological polar surface area (TPSA) is 41.6 Å². The monoisotopic (exact) mass is 262 g/mol. The zero-order valence-electron chi connectivity index (χ0n) is 11.5. The van der Waals surface area contributed by atoms with Gasteiger partial charge in [0, 0.05) is 13.1 Å². The van der Waals surface area contributed by atoms with Gasteiger partial charge in [0.05, 0.1) is 13.2 Å². The van der Waals surface area contributed by atoms with Crippen LogP contribution in [0, 0.1) is 0 Å². The van der Waals surface area contributed by atoms with Crippen LogP contribution >= 0.6 is 0 Å². The third-order valence-electron chi connectivity index (χ3n) is 3.27. The molecule has 0 aliphatic heterocycles. The van der Waals surface area contributed by atoms with Gasteiger partial charge in [-0.05, 0) is 37.9 Å². The van der Waals surface area contributed by atoms with Crippen LogP contribution < -0.4 is 10.1 Å². The quantitative estimate of drug-likeness (QED) is 0.725. The summed E-state index contributed by atoms with van der Waals surface area (Å²) >= 11 is 0. The van der Waals surface area contributed by atoms with Crippen LogP contribution in [0.4, 0.5) is 0 Å². The van der Waals surface area contributed by atoms with Crippen LogP contribution in [0.3, 0.4) is 0 Å². The molecule has 2 rings (SSSR count). The minimum Gasteiger partial charge on any atom is -0.494 e. The second kappa shape index (κ2) is 7.14. The summed E-state index contributed by atoms with van der Waals surface area (Å²) in [6, 6.07) is 10.3. The summed E-state index contributed by atoms with van der Waals surface area (Å²) in [6.45, 7) is 1.90. The number of nitrogens with zero attached hydrogens (tertiary/aromatic N) is 1. The van der Waals surface area contributed by atoms with Gasteiger partial charge in [-0.25, -0.2) is 0 Å². The lowest BCUT2D eigenvalue weighted by atomic mass is 10.3. The lowest BCUT2D eigenvalue weighted by molar-refractivity contribution is -0.129. The maximum Gasteiger partial charge on any atom is 0.236 e. The van der Waals surface area contributed by atoms with Gasteiger partial charge in [-0.1, -0.05) is 18.2 Å². The van der Waals surface area contributed by atoms with E-state index in [9.17, 15) is 4.79 Å². The van der Waals surface area contributed by atoms with E-state index >= 15 is 0 Å². The number of hydrogen-bond acceptors (Lipinski definition) is 3. The molecule has 1 aromatic rings. The Morgan fingerprint density at radius 1 is 1.37 bits per heavy atom. The fraction of sp³-hybridized carbons (Fsp3) is 0.533. The zero-order chi connectivity index (χ0) is 13.5. The minimum absolute atomic E-state index is 0.187. The molecule has 0 saturated heterocycles. The molecule has 19 heavy (non-hydrogen) atoms. The molecular formula is C15H22N2O2. The van der Waals surface area contributed by atoms with Gasteiger partial charge in [0.2, 0.25) is 5.91 Å². The number of benzene rings is 1. The number of para-hydroxylation sites is 1. The van der Waals surface area contributed by atoms with Crippen LogP contribution in [0.5, 0.6) is 5.75 Å². The number of carbonyl (C=O) groups excluding carboxylic acids is 1. The Morgan fingerprint density at radius 2 is 2.11 bits per heavy atom. The molecule has 4 nitrogen and oxygen atoms in total. The molecule has 0 bridgehead atoms. The first kappa shape index (κ1) is 13.9. The van der Waals surface area contributed by atoms with Gasteiger partial charge in [0.15, 0.2) is 0 Å². The predicted octanol–water partition coefficient (Wildman–Crippen LogP) is 1.67. The molecule has 1 N–H and O–H groups in total. The van der Waals surface area contributed by atoms with E-state index < -0.39 is 0 Å². The molecule has 0 radical (unpaired) electrons. The number of amides is 1. The molecule has 1 aliphatic carbocycles. The fourth-order valence-electron chi connectivity index (χ4n) is 1.89. The molecule has 0 unspecified atom stereocenters. The molecule has 104 valence electrons. The molecule has 1 aromatic carbocycles. The number of carbonyl (C=O) groups is 1. The van der Waals surface area contributed by atoms with Crippen molar-refractivity contribution in [1.29, 1.82) is 0 Å². The molecule has 0 heterocycles. The van der Waals surface area contributed by atoms with E-state index in [1.54, 1.807) is 0 Å². The second-order valence-electron chi connectivity index (χ2n) is 4.93. The van der Waals surface area contributed by atoms with E-state index in [1.165, 1.54) is 0 Å². The van der Waals surface area contributed by atoms with E-state index in [4.69, 9.17) is 4.74 Å². The Balaban J connectivity index is 1.49. The highest BCUT2D eigenvalue weighted by molar-refractivity contribution is 5.78. The molecule has 0 aromatic heterocycles. The third kappa shape index (κ3) is 4.91. The first-order valence-electron chi connectivity index (χ1n) is 6.91. The number of hydrogen-bond donors (Lipinski definition) is 1. The van der Waals surface area contributed by atoms with Gasteiger partial charge in [0.25, 0.3) is 0 Å². The molecule has 1 amide bonds. The Hall–Kier alpha value is -1.55. The summed E-state index contributed by atoms with van der Waals surface area (Å²) in [7, 11) is 1.89. The van der Waals surface area contributed by atoms with Crippen molar-refractivity contribution < 1.29 is 9.53 Å². The summed E-state index contributed by atoms with van der Waals surface area (Å²) in [5.74, 6) is 1.08. The van der Waals surface area contributed by atoms with E-state index in [0.717, 1.165) is 31.6 Å². The van der Waals surface area contributed by atoms with Crippen molar-refractivity contribution >= 4 is 5.91 Å². The van der Waals surface area contributed by atoms with Gasteiger partial charge in [-0.15, -0.1) is 0 Å². The molecule has 0 spiro atoms. The highest BCUT2D eigenvalue weighted by atomic mass is 16.5. The SMILES string of the molecule is CN(C(=O)CNCCCOc1ccccc1)C1CC1. The maximum atomic E-state index is 11.7. The minimum atomic E-state index is 0.187. The highest BCUT2D eigenvalue weighted by Gasteiger charge is 2.28. The Labute approximate surface area is 114 Å². The molecule has 1 aliphatic rings. The average Bonchev–Trinajstić information content (AvgIpc) is 3.27. The Kier molecular flexibility index (Phi) is 5.21. The molecule has 4 heteroatoms. The van der Waals surface area contributed by atoms with E-state index in [1.807, 2.05) is 42.3 Å². The lowest BCUT2D eigenvalue weighted by Gasteiger charge is -2.16. The van der Waals surface area contributed by atoms with Crippen LogP contribution in [0.2, 0.25) is 0 Å². The van der Waals surface area contributed by atoms with E-state index in [0.29, 0.717) is 19.2 Å². The van der Waals surface area contributed by atoms with Crippen molar-refractivity contribution in [1.82, 2.24) is 10.2 Å². The number of rotatable bonds is 8. The maximum absolute atomic E-state index is 11.7. The fourth-order valence-corrected chi connectivity index (χ4v) is 1.89. The van der Waals surface area contributed by atoms with Gasteiger partial charge in [-0.2, -0.15) is 0 Å². The lowest BCUT2D eigenvalue weighted by Crippen LogP contribution is -2.37. The van der Waals surface area contributed by atoms with Crippen LogP contribution in [-0.2, 0) is 4.79 Å². The summed E-state index contributed by atoms with van der Waals surface area (Å²) in [5.41, 5.74) is 0. The van der Waals surface area contributed by atoms with Crippen molar-refractivity contribution in [3.63, 3.8) is 0 Å². The van der Waals surface area contributed by atoms with Gasteiger partial charge in [-0.3, -0.25) is 4.79 Å². The number of ether oxygens (including phenoxy) is 1.